The van der Waals surface area contributed by atoms with Crippen molar-refractivity contribution < 1.29 is 23.4 Å². The largest absolute Gasteiger partial charge is 0.509 e. The number of hydrogen-bond donors (Lipinski definition) is 4. The summed E-state index contributed by atoms with van der Waals surface area (Å²) in [6, 6.07) is 4.56. The van der Waals surface area contributed by atoms with Crippen molar-refractivity contribution in [1.82, 2.24) is 4.90 Å². The van der Waals surface area contributed by atoms with Gasteiger partial charge in [-0.1, -0.05) is 41.5 Å². The average molecular weight is 525 g/mol. The molecule has 11 heteroatoms. The first-order chi connectivity index (χ1) is 16.0. The number of sulfonamides is 1. The summed E-state index contributed by atoms with van der Waals surface area (Å²) in [4.78, 5) is 15.4. The lowest BCUT2D eigenvalue weighted by Gasteiger charge is -2.36. The topological polar surface area (TPSA) is 131 Å². The number of nitrogens with one attached hydrogen (secondary N) is 2. The summed E-state index contributed by atoms with van der Waals surface area (Å²) in [5, 5.41) is 24.9. The average Bonchev–Trinajstić information content (AvgIpc) is 2.94. The van der Waals surface area contributed by atoms with Gasteiger partial charge in [0.1, 0.15) is 17.2 Å². The number of aliphatic hydroxyl groups excluding tert-OH is 2. The number of fused-ring (bicyclic) bond motifs is 1. The van der Waals surface area contributed by atoms with Crippen molar-refractivity contribution >= 4 is 46.5 Å². The van der Waals surface area contributed by atoms with E-state index in [0.717, 1.165) is 18.0 Å². The summed E-state index contributed by atoms with van der Waals surface area (Å²) >= 11 is 0. The molecule has 0 bridgehead atoms. The second kappa shape index (κ2) is 9.71. The van der Waals surface area contributed by atoms with Crippen LogP contribution in [0.5, 0.6) is 0 Å². The van der Waals surface area contributed by atoms with Gasteiger partial charge in [-0.25, -0.2) is 13.2 Å². The monoisotopic (exact) mass is 524 g/mol. The van der Waals surface area contributed by atoms with Gasteiger partial charge < -0.3 is 20.4 Å². The summed E-state index contributed by atoms with van der Waals surface area (Å²) in [5.74, 6) is 0.0204. The van der Waals surface area contributed by atoms with E-state index in [1.165, 1.54) is 0 Å². The van der Waals surface area contributed by atoms with Gasteiger partial charge in [-0.3, -0.25) is 9.52 Å². The van der Waals surface area contributed by atoms with Gasteiger partial charge in [-0.15, -0.1) is 0 Å². The summed E-state index contributed by atoms with van der Waals surface area (Å²) in [6.45, 7) is 12.7. The number of anilines is 2. The summed E-state index contributed by atoms with van der Waals surface area (Å²) in [7, 11) is -4.75. The van der Waals surface area contributed by atoms with Crippen LogP contribution in [0.25, 0.3) is 0 Å². The number of amides is 1. The van der Waals surface area contributed by atoms with E-state index in [0.29, 0.717) is 24.1 Å². The van der Waals surface area contributed by atoms with E-state index in [9.17, 15) is 23.4 Å². The molecule has 3 rings (SSSR count). The van der Waals surface area contributed by atoms with Crippen LogP contribution in [-0.2, 0) is 14.8 Å². The Labute approximate surface area is 209 Å². The van der Waals surface area contributed by atoms with Crippen LogP contribution in [0.3, 0.4) is 0 Å². The molecule has 2 atom stereocenters. The first-order valence-corrected chi connectivity index (χ1v) is 15.0. The zero-order valence-corrected chi connectivity index (χ0v) is 23.2. The van der Waals surface area contributed by atoms with Crippen LogP contribution in [0.1, 0.15) is 48.0 Å². The summed E-state index contributed by atoms with van der Waals surface area (Å²) in [6.07, 6.45) is 2.20. The van der Waals surface area contributed by atoms with Gasteiger partial charge in [0.2, 0.25) is 10.0 Å². The van der Waals surface area contributed by atoms with Crippen LogP contribution in [0, 0.1) is 10.8 Å². The van der Waals surface area contributed by atoms with E-state index in [2.05, 4.69) is 30.8 Å². The number of hydrogen-bond acceptors (Lipinski definition) is 7. The Balaban J connectivity index is 2.02. The molecule has 2 aliphatic heterocycles. The quantitative estimate of drug-likeness (QED) is 0.405. The molecule has 0 saturated carbocycles. The molecule has 194 valence electrons. The first kappa shape index (κ1) is 27.4. The number of carbonyl (C=O) groups is 1. The third kappa shape index (κ3) is 6.35. The number of amidine groups is 1. The van der Waals surface area contributed by atoms with Crippen molar-refractivity contribution in [2.45, 2.75) is 54.0 Å². The van der Waals surface area contributed by atoms with Crippen molar-refractivity contribution in [2.24, 2.45) is 15.6 Å². The van der Waals surface area contributed by atoms with E-state index >= 15 is 0 Å². The highest BCUT2D eigenvalue weighted by molar-refractivity contribution is 7.92. The Morgan fingerprint density at radius 2 is 1.86 bits per heavy atom. The number of aliphatic hydroxyl groups is 2. The maximum Gasteiger partial charge on any atom is 0.261 e. The Kier molecular flexibility index (Phi) is 7.61. The minimum absolute atomic E-state index is 0.000390. The third-order valence-electron chi connectivity index (χ3n) is 5.83. The maximum absolute atomic E-state index is 13.6. The SMILES string of the molecule is CC(C)(C)CCN1C(=O)C(C2=NP(CCO)c3cc(NS(C)(=O)=O)ccc3N2)=C(O)C1C(C)(C)C. The highest BCUT2D eigenvalue weighted by Crippen LogP contribution is 2.45. The lowest BCUT2D eigenvalue weighted by molar-refractivity contribution is -0.128. The van der Waals surface area contributed by atoms with Crippen molar-refractivity contribution in [1.29, 1.82) is 0 Å². The molecular weight excluding hydrogens is 487 g/mol. The van der Waals surface area contributed by atoms with E-state index in [4.69, 9.17) is 4.76 Å². The molecule has 4 N–H and O–H groups in total. The summed E-state index contributed by atoms with van der Waals surface area (Å²) < 4.78 is 30.6. The Bertz CT molecular complexity index is 1170. The number of benzene rings is 1. The lowest BCUT2D eigenvalue weighted by Crippen LogP contribution is -2.45. The van der Waals surface area contributed by atoms with Crippen molar-refractivity contribution in [3.8, 4) is 0 Å². The minimum atomic E-state index is -3.45. The molecule has 2 aliphatic rings. The van der Waals surface area contributed by atoms with Gasteiger partial charge >= 0.3 is 0 Å². The van der Waals surface area contributed by atoms with Crippen LogP contribution < -0.4 is 15.3 Å². The molecule has 0 spiro atoms. The zero-order chi connectivity index (χ0) is 26.3. The molecule has 2 unspecified atom stereocenters. The number of nitrogens with zero attached hydrogens (tertiary/aromatic N) is 2. The predicted molar refractivity (Wildman–Crippen MR) is 143 cm³/mol. The van der Waals surface area contributed by atoms with Gasteiger partial charge in [-0.05, 0) is 35.4 Å². The van der Waals surface area contributed by atoms with Crippen LogP contribution in [-0.4, -0.2) is 66.9 Å². The molecule has 2 heterocycles. The van der Waals surface area contributed by atoms with Gasteiger partial charge in [0.05, 0.1) is 20.4 Å². The fourth-order valence-electron chi connectivity index (χ4n) is 4.27. The molecule has 0 saturated heterocycles. The molecule has 0 radical (unpaired) electrons. The van der Waals surface area contributed by atoms with E-state index in [1.54, 1.807) is 23.1 Å². The fraction of sp³-hybridized carbons (Fsp3) is 0.583. The van der Waals surface area contributed by atoms with Crippen molar-refractivity contribution in [2.75, 3.05) is 35.6 Å². The van der Waals surface area contributed by atoms with Gasteiger partial charge in [0.25, 0.3) is 5.91 Å². The highest BCUT2D eigenvalue weighted by Gasteiger charge is 2.47. The number of rotatable bonds is 7. The van der Waals surface area contributed by atoms with E-state index < -0.39 is 29.6 Å². The predicted octanol–water partition coefficient (Wildman–Crippen LogP) is 3.40. The van der Waals surface area contributed by atoms with Gasteiger partial charge in [0.15, 0.2) is 0 Å². The molecule has 0 aromatic heterocycles. The number of carbonyl (C=O) groups excluding carboxylic acids is 1. The van der Waals surface area contributed by atoms with Gasteiger partial charge in [0, 0.05) is 36.0 Å². The lowest BCUT2D eigenvalue weighted by atomic mass is 9.84. The molecule has 9 nitrogen and oxygen atoms in total. The van der Waals surface area contributed by atoms with Crippen LogP contribution in [0.15, 0.2) is 34.3 Å². The van der Waals surface area contributed by atoms with Crippen molar-refractivity contribution in [3.63, 3.8) is 0 Å². The molecule has 35 heavy (non-hydrogen) atoms. The highest BCUT2D eigenvalue weighted by atomic mass is 32.2. The Hall–Kier alpha value is -2.16. The molecule has 0 fully saturated rings. The standard InChI is InChI=1S/C24H37N4O5PS/c1-23(2,3)10-11-28-20(24(4,5)6)19(30)18(22(28)31)21-25-16-9-8-15(27-35(7,32)33)14-17(16)34(26-21)13-12-29/h8-9,14,20,27,29-30H,10-13H2,1-7H3,(H,25,26). The molecule has 1 aromatic carbocycles. The Morgan fingerprint density at radius 3 is 2.40 bits per heavy atom. The minimum Gasteiger partial charge on any atom is -0.509 e. The third-order valence-corrected chi connectivity index (χ3v) is 8.42. The van der Waals surface area contributed by atoms with Crippen LogP contribution >= 0.6 is 8.07 Å². The second-order valence-electron chi connectivity index (χ2n) is 11.4. The first-order valence-electron chi connectivity index (χ1n) is 11.6. The molecule has 1 aromatic rings. The van der Waals surface area contributed by atoms with Gasteiger partial charge in [-0.2, -0.15) is 0 Å². The van der Waals surface area contributed by atoms with E-state index in [-0.39, 0.29) is 35.1 Å². The van der Waals surface area contributed by atoms with Crippen molar-refractivity contribution in [3.05, 3.63) is 29.5 Å². The van der Waals surface area contributed by atoms with Crippen LogP contribution in [0.2, 0.25) is 0 Å². The normalized spacial score (nSPS) is 21.1. The van der Waals surface area contributed by atoms with E-state index in [1.807, 2.05) is 20.8 Å². The molecular formula is C24H37N4O5PS. The smallest absolute Gasteiger partial charge is 0.261 e. The molecule has 1 amide bonds. The zero-order valence-electron chi connectivity index (χ0n) is 21.5. The van der Waals surface area contributed by atoms with Crippen LogP contribution in [0.4, 0.5) is 11.4 Å². The maximum atomic E-state index is 13.6. The second-order valence-corrected chi connectivity index (χ2v) is 15.0. The summed E-state index contributed by atoms with van der Waals surface area (Å²) in [5.41, 5.74) is 0.857. The fourth-order valence-corrected chi connectivity index (χ4v) is 6.56. The Morgan fingerprint density at radius 1 is 1.20 bits per heavy atom. The molecule has 0 aliphatic carbocycles.